The van der Waals surface area contributed by atoms with E-state index in [1.165, 1.54) is 6.42 Å². The molecule has 23 heavy (non-hydrogen) atoms. The number of guanidine groups is 1. The number of nitrogens with one attached hydrogen (secondary N) is 1. The van der Waals surface area contributed by atoms with Crippen LogP contribution < -0.4 is 5.32 Å². The lowest BCUT2D eigenvalue weighted by Crippen LogP contribution is -2.51. The lowest BCUT2D eigenvalue weighted by atomic mass is 10.1. The van der Waals surface area contributed by atoms with Crippen LogP contribution in [0.25, 0.3) is 0 Å². The standard InChI is InChI=1S/C16H30N4OS.HI/c1-13(2)14-12-20(9-10-22-14)16(17-3)18-11-15(21)19-7-5-4-6-8-19;/h13-14H,4-12H2,1-3H3,(H,17,18);1H. The summed E-state index contributed by atoms with van der Waals surface area (Å²) in [6, 6.07) is 0. The molecule has 2 aliphatic rings. The van der Waals surface area contributed by atoms with Gasteiger partial charge in [-0.25, -0.2) is 0 Å². The molecular weight excluding hydrogens is 423 g/mol. The largest absolute Gasteiger partial charge is 0.347 e. The summed E-state index contributed by atoms with van der Waals surface area (Å²) in [5.41, 5.74) is 0. The van der Waals surface area contributed by atoms with Gasteiger partial charge in [0.1, 0.15) is 0 Å². The van der Waals surface area contributed by atoms with Gasteiger partial charge in [0.2, 0.25) is 5.91 Å². The van der Waals surface area contributed by atoms with Gasteiger partial charge in [-0.1, -0.05) is 13.8 Å². The van der Waals surface area contributed by atoms with Crippen molar-refractivity contribution in [2.45, 2.75) is 38.4 Å². The maximum Gasteiger partial charge on any atom is 0.241 e. The van der Waals surface area contributed by atoms with E-state index in [0.717, 1.165) is 50.7 Å². The van der Waals surface area contributed by atoms with E-state index in [1.54, 1.807) is 7.05 Å². The predicted molar refractivity (Wildman–Crippen MR) is 110 cm³/mol. The lowest BCUT2D eigenvalue weighted by molar-refractivity contribution is -0.130. The van der Waals surface area contributed by atoms with Gasteiger partial charge in [0.05, 0.1) is 6.54 Å². The Morgan fingerprint density at radius 2 is 1.91 bits per heavy atom. The predicted octanol–water partition coefficient (Wildman–Crippen LogP) is 2.27. The number of nitrogens with zero attached hydrogens (tertiary/aromatic N) is 3. The highest BCUT2D eigenvalue weighted by atomic mass is 127. The van der Waals surface area contributed by atoms with Crippen molar-refractivity contribution in [2.75, 3.05) is 45.5 Å². The van der Waals surface area contributed by atoms with Crippen LogP contribution in [-0.4, -0.2) is 72.4 Å². The number of aliphatic imine (C=N–C) groups is 1. The Hall–Kier alpha value is -0.180. The first-order chi connectivity index (χ1) is 10.6. The first-order valence-electron chi connectivity index (χ1n) is 8.46. The highest BCUT2D eigenvalue weighted by Crippen LogP contribution is 2.24. The summed E-state index contributed by atoms with van der Waals surface area (Å²) >= 11 is 2.05. The number of amides is 1. The van der Waals surface area contributed by atoms with Crippen LogP contribution in [0.15, 0.2) is 4.99 Å². The number of rotatable bonds is 3. The molecule has 2 fully saturated rings. The summed E-state index contributed by atoms with van der Waals surface area (Å²) in [5, 5.41) is 3.91. The van der Waals surface area contributed by atoms with Crippen molar-refractivity contribution in [1.29, 1.82) is 0 Å². The second kappa shape index (κ2) is 10.6. The van der Waals surface area contributed by atoms with Gasteiger partial charge in [-0.3, -0.25) is 9.79 Å². The number of hydrogen-bond donors (Lipinski definition) is 1. The molecule has 2 rings (SSSR count). The first kappa shape index (κ1) is 20.9. The zero-order chi connectivity index (χ0) is 15.9. The van der Waals surface area contributed by atoms with Crippen LogP contribution in [0.4, 0.5) is 0 Å². The Morgan fingerprint density at radius 1 is 1.22 bits per heavy atom. The van der Waals surface area contributed by atoms with Crippen molar-refractivity contribution in [3.8, 4) is 0 Å². The fourth-order valence-corrected chi connectivity index (χ4v) is 4.31. The normalized spacial score (nSPS) is 22.8. The molecule has 5 nitrogen and oxygen atoms in total. The number of carbonyl (C=O) groups is 1. The lowest BCUT2D eigenvalue weighted by Gasteiger charge is -2.36. The second-order valence-corrected chi connectivity index (χ2v) is 7.79. The summed E-state index contributed by atoms with van der Waals surface area (Å²) in [6.45, 7) is 8.76. The minimum absolute atomic E-state index is 0. The molecule has 1 unspecified atom stereocenters. The molecule has 1 atom stereocenters. The van der Waals surface area contributed by atoms with E-state index in [9.17, 15) is 4.79 Å². The minimum Gasteiger partial charge on any atom is -0.347 e. The Balaban J connectivity index is 0.00000264. The molecule has 0 saturated carbocycles. The van der Waals surface area contributed by atoms with Crippen molar-refractivity contribution < 1.29 is 4.79 Å². The maximum atomic E-state index is 12.3. The number of thioether (sulfide) groups is 1. The van der Waals surface area contributed by atoms with Crippen molar-refractivity contribution in [3.05, 3.63) is 0 Å². The highest BCUT2D eigenvalue weighted by molar-refractivity contribution is 14.0. The van der Waals surface area contributed by atoms with Gasteiger partial charge >= 0.3 is 0 Å². The van der Waals surface area contributed by atoms with Crippen LogP contribution in [0.5, 0.6) is 0 Å². The van der Waals surface area contributed by atoms with E-state index in [2.05, 4.69) is 40.8 Å². The molecular formula is C16H31IN4OS. The summed E-state index contributed by atoms with van der Waals surface area (Å²) in [7, 11) is 1.81. The van der Waals surface area contributed by atoms with Crippen LogP contribution in [-0.2, 0) is 4.79 Å². The minimum atomic E-state index is 0. The van der Waals surface area contributed by atoms with Gasteiger partial charge in [0, 0.05) is 44.2 Å². The van der Waals surface area contributed by atoms with E-state index in [-0.39, 0.29) is 29.9 Å². The molecule has 1 amide bonds. The number of piperidine rings is 1. The van der Waals surface area contributed by atoms with Crippen LogP contribution in [0.3, 0.4) is 0 Å². The average Bonchev–Trinajstić information content (AvgIpc) is 2.56. The zero-order valence-electron chi connectivity index (χ0n) is 14.6. The van der Waals surface area contributed by atoms with Crippen LogP contribution in [0, 0.1) is 5.92 Å². The van der Waals surface area contributed by atoms with Crippen molar-refractivity contribution in [1.82, 2.24) is 15.1 Å². The molecule has 0 aliphatic carbocycles. The molecule has 134 valence electrons. The number of carbonyl (C=O) groups excluding carboxylic acids is 1. The smallest absolute Gasteiger partial charge is 0.241 e. The van der Waals surface area contributed by atoms with E-state index in [4.69, 9.17) is 0 Å². The van der Waals surface area contributed by atoms with Crippen molar-refractivity contribution in [2.24, 2.45) is 10.9 Å². The summed E-state index contributed by atoms with van der Waals surface area (Å²) in [6.07, 6.45) is 3.53. The number of hydrogen-bond acceptors (Lipinski definition) is 3. The van der Waals surface area contributed by atoms with Gasteiger partial charge < -0.3 is 15.1 Å². The van der Waals surface area contributed by atoms with Crippen molar-refractivity contribution >= 4 is 47.6 Å². The third kappa shape index (κ3) is 6.32. The number of likely N-dealkylation sites (tertiary alicyclic amines) is 1. The Labute approximate surface area is 162 Å². The van der Waals surface area contributed by atoms with Crippen LogP contribution in [0.2, 0.25) is 0 Å². The molecule has 0 aromatic rings. The summed E-state index contributed by atoms with van der Waals surface area (Å²) in [4.78, 5) is 20.9. The maximum absolute atomic E-state index is 12.3. The zero-order valence-corrected chi connectivity index (χ0v) is 17.7. The summed E-state index contributed by atoms with van der Waals surface area (Å²) in [5.74, 6) is 2.87. The third-order valence-electron chi connectivity index (χ3n) is 4.45. The van der Waals surface area contributed by atoms with E-state index >= 15 is 0 Å². The Kier molecular flexibility index (Phi) is 9.65. The molecule has 0 spiro atoms. The van der Waals surface area contributed by atoms with Gasteiger partial charge in [0.15, 0.2) is 5.96 Å². The van der Waals surface area contributed by atoms with E-state index in [0.29, 0.717) is 17.7 Å². The molecule has 0 bridgehead atoms. The summed E-state index contributed by atoms with van der Waals surface area (Å²) < 4.78 is 0. The Morgan fingerprint density at radius 3 is 2.52 bits per heavy atom. The molecule has 0 radical (unpaired) electrons. The SMILES string of the molecule is CN=C(NCC(=O)N1CCCCC1)N1CCSC(C(C)C)C1.I. The number of halogens is 1. The van der Waals surface area contributed by atoms with Crippen LogP contribution >= 0.6 is 35.7 Å². The highest BCUT2D eigenvalue weighted by Gasteiger charge is 2.25. The van der Waals surface area contributed by atoms with Gasteiger partial charge in [-0.15, -0.1) is 24.0 Å². The molecule has 0 aromatic heterocycles. The molecule has 7 heteroatoms. The molecule has 1 N–H and O–H groups in total. The quantitative estimate of drug-likeness (QED) is 0.404. The average molecular weight is 454 g/mol. The second-order valence-electron chi connectivity index (χ2n) is 6.44. The van der Waals surface area contributed by atoms with E-state index < -0.39 is 0 Å². The molecule has 2 saturated heterocycles. The monoisotopic (exact) mass is 454 g/mol. The van der Waals surface area contributed by atoms with Gasteiger partial charge in [-0.05, 0) is 25.2 Å². The first-order valence-corrected chi connectivity index (χ1v) is 9.51. The molecule has 0 aromatic carbocycles. The van der Waals surface area contributed by atoms with Crippen molar-refractivity contribution in [3.63, 3.8) is 0 Å². The van der Waals surface area contributed by atoms with Gasteiger partial charge in [-0.2, -0.15) is 11.8 Å². The molecule has 2 heterocycles. The van der Waals surface area contributed by atoms with Gasteiger partial charge in [0.25, 0.3) is 0 Å². The third-order valence-corrected chi connectivity index (χ3v) is 5.99. The van der Waals surface area contributed by atoms with E-state index in [1.807, 2.05) is 4.90 Å². The fraction of sp³-hybridized carbons (Fsp3) is 0.875. The fourth-order valence-electron chi connectivity index (χ4n) is 3.01. The molecule has 2 aliphatic heterocycles. The van der Waals surface area contributed by atoms with Crippen LogP contribution in [0.1, 0.15) is 33.1 Å². The topological polar surface area (TPSA) is 47.9 Å². The Bertz CT molecular complexity index is 400.